The summed E-state index contributed by atoms with van der Waals surface area (Å²) >= 11 is 0. The van der Waals surface area contributed by atoms with Gasteiger partial charge in [-0.1, -0.05) is 12.1 Å². The van der Waals surface area contributed by atoms with Crippen molar-refractivity contribution in [2.24, 2.45) is 5.73 Å². The standard InChI is InChI=1S/C13H10N4O2/c14-6-8-3-1-2-4-11(8)19-12-5-9(13(16)18)10(15)7-17-12/h1-5,7H,15H2,(H2,16,18). The van der Waals surface area contributed by atoms with Crippen molar-refractivity contribution in [3.63, 3.8) is 0 Å². The normalized spacial score (nSPS) is 9.63. The Labute approximate surface area is 109 Å². The molecule has 94 valence electrons. The van der Waals surface area contributed by atoms with Gasteiger partial charge in [0.05, 0.1) is 23.0 Å². The summed E-state index contributed by atoms with van der Waals surface area (Å²) in [5.41, 5.74) is 11.4. The van der Waals surface area contributed by atoms with E-state index in [0.29, 0.717) is 11.3 Å². The first kappa shape index (κ1) is 12.4. The zero-order chi connectivity index (χ0) is 13.8. The highest BCUT2D eigenvalue weighted by Crippen LogP contribution is 2.25. The van der Waals surface area contributed by atoms with Crippen LogP contribution in [-0.2, 0) is 0 Å². The summed E-state index contributed by atoms with van der Waals surface area (Å²) in [6.45, 7) is 0. The van der Waals surface area contributed by atoms with E-state index in [2.05, 4.69) is 4.98 Å². The van der Waals surface area contributed by atoms with Gasteiger partial charge in [0.1, 0.15) is 11.8 Å². The molecule has 1 amide bonds. The van der Waals surface area contributed by atoms with Crippen LogP contribution >= 0.6 is 0 Å². The second kappa shape index (κ2) is 5.06. The molecule has 6 heteroatoms. The predicted molar refractivity (Wildman–Crippen MR) is 68.4 cm³/mol. The van der Waals surface area contributed by atoms with Crippen LogP contribution in [0.4, 0.5) is 5.69 Å². The first-order valence-corrected chi connectivity index (χ1v) is 5.34. The minimum atomic E-state index is -0.668. The number of anilines is 1. The van der Waals surface area contributed by atoms with Crippen LogP contribution in [0.2, 0.25) is 0 Å². The van der Waals surface area contributed by atoms with E-state index in [1.54, 1.807) is 24.3 Å². The lowest BCUT2D eigenvalue weighted by Gasteiger charge is -2.08. The van der Waals surface area contributed by atoms with Gasteiger partial charge in [-0.2, -0.15) is 5.26 Å². The van der Waals surface area contributed by atoms with Crippen LogP contribution in [0, 0.1) is 11.3 Å². The van der Waals surface area contributed by atoms with E-state index < -0.39 is 5.91 Å². The molecule has 0 fully saturated rings. The average molecular weight is 254 g/mol. The van der Waals surface area contributed by atoms with Crippen molar-refractivity contribution >= 4 is 11.6 Å². The molecule has 6 nitrogen and oxygen atoms in total. The molecule has 0 saturated carbocycles. The van der Waals surface area contributed by atoms with Crippen LogP contribution in [0.1, 0.15) is 15.9 Å². The summed E-state index contributed by atoms with van der Waals surface area (Å²) in [5, 5.41) is 8.94. The van der Waals surface area contributed by atoms with Crippen LogP contribution < -0.4 is 16.2 Å². The van der Waals surface area contributed by atoms with Crippen molar-refractivity contribution in [2.75, 3.05) is 5.73 Å². The summed E-state index contributed by atoms with van der Waals surface area (Å²) in [5.74, 6) is -0.179. The molecule has 2 aromatic rings. The number of para-hydroxylation sites is 1. The molecule has 19 heavy (non-hydrogen) atoms. The summed E-state index contributed by atoms with van der Waals surface area (Å²) < 4.78 is 5.45. The van der Waals surface area contributed by atoms with Crippen LogP contribution in [0.15, 0.2) is 36.5 Å². The number of nitrogens with two attached hydrogens (primary N) is 2. The summed E-state index contributed by atoms with van der Waals surface area (Å²) in [6, 6.07) is 10.0. The molecular weight excluding hydrogens is 244 g/mol. The van der Waals surface area contributed by atoms with Crippen molar-refractivity contribution < 1.29 is 9.53 Å². The number of pyridine rings is 1. The quantitative estimate of drug-likeness (QED) is 0.859. The number of hydrogen-bond donors (Lipinski definition) is 2. The largest absolute Gasteiger partial charge is 0.438 e. The van der Waals surface area contributed by atoms with Gasteiger partial charge in [0, 0.05) is 6.07 Å². The summed E-state index contributed by atoms with van der Waals surface area (Å²) in [4.78, 5) is 15.1. The third-order valence-corrected chi connectivity index (χ3v) is 2.40. The van der Waals surface area contributed by atoms with E-state index >= 15 is 0 Å². The molecule has 0 bridgehead atoms. The Bertz CT molecular complexity index is 677. The highest BCUT2D eigenvalue weighted by atomic mass is 16.5. The predicted octanol–water partition coefficient (Wildman–Crippen LogP) is 1.43. The Morgan fingerprint density at radius 1 is 1.37 bits per heavy atom. The molecule has 0 aliphatic rings. The van der Waals surface area contributed by atoms with E-state index in [4.69, 9.17) is 21.5 Å². The smallest absolute Gasteiger partial charge is 0.251 e. The molecule has 0 aliphatic carbocycles. The number of hydrogen-bond acceptors (Lipinski definition) is 5. The third kappa shape index (κ3) is 2.61. The number of ether oxygens (including phenoxy) is 1. The number of carbonyl (C=O) groups is 1. The summed E-state index contributed by atoms with van der Waals surface area (Å²) in [6.07, 6.45) is 1.28. The maximum absolute atomic E-state index is 11.2. The van der Waals surface area contributed by atoms with Crippen LogP contribution in [-0.4, -0.2) is 10.9 Å². The monoisotopic (exact) mass is 254 g/mol. The van der Waals surface area contributed by atoms with Crippen molar-refractivity contribution in [1.82, 2.24) is 4.98 Å². The number of nitriles is 1. The minimum absolute atomic E-state index is 0.124. The SMILES string of the molecule is N#Cc1ccccc1Oc1cc(C(N)=O)c(N)cn1. The number of benzene rings is 1. The molecule has 4 N–H and O–H groups in total. The van der Waals surface area contributed by atoms with Crippen molar-refractivity contribution in [2.45, 2.75) is 0 Å². The molecule has 2 rings (SSSR count). The van der Waals surface area contributed by atoms with E-state index in [9.17, 15) is 4.79 Å². The molecule has 0 spiro atoms. The molecule has 0 radical (unpaired) electrons. The Balaban J connectivity index is 2.37. The van der Waals surface area contributed by atoms with E-state index in [-0.39, 0.29) is 17.1 Å². The van der Waals surface area contributed by atoms with Gasteiger partial charge in [0.25, 0.3) is 5.91 Å². The van der Waals surface area contributed by atoms with Gasteiger partial charge in [0.15, 0.2) is 0 Å². The fraction of sp³-hybridized carbons (Fsp3) is 0. The number of nitrogen functional groups attached to an aromatic ring is 1. The number of amides is 1. The number of aromatic nitrogens is 1. The fourth-order valence-electron chi connectivity index (χ4n) is 1.48. The molecule has 0 saturated heterocycles. The second-order valence-electron chi connectivity index (χ2n) is 3.68. The van der Waals surface area contributed by atoms with Gasteiger partial charge in [-0.15, -0.1) is 0 Å². The molecule has 1 aromatic heterocycles. The molecule has 0 aliphatic heterocycles. The minimum Gasteiger partial charge on any atom is -0.438 e. The topological polar surface area (TPSA) is 115 Å². The molecule has 1 heterocycles. The first-order chi connectivity index (χ1) is 9.11. The number of rotatable bonds is 3. The van der Waals surface area contributed by atoms with Crippen LogP contribution in [0.25, 0.3) is 0 Å². The average Bonchev–Trinajstić information content (AvgIpc) is 2.41. The van der Waals surface area contributed by atoms with Gasteiger partial charge >= 0.3 is 0 Å². The van der Waals surface area contributed by atoms with E-state index in [1.165, 1.54) is 12.3 Å². The van der Waals surface area contributed by atoms with Crippen molar-refractivity contribution in [1.29, 1.82) is 5.26 Å². The Kier molecular flexibility index (Phi) is 3.30. The van der Waals surface area contributed by atoms with Crippen molar-refractivity contribution in [3.8, 4) is 17.7 Å². The van der Waals surface area contributed by atoms with Crippen LogP contribution in [0.3, 0.4) is 0 Å². The zero-order valence-corrected chi connectivity index (χ0v) is 9.83. The highest BCUT2D eigenvalue weighted by Gasteiger charge is 2.10. The molecule has 1 aromatic carbocycles. The van der Waals surface area contributed by atoms with Gasteiger partial charge in [0.2, 0.25) is 5.88 Å². The number of nitrogens with zero attached hydrogens (tertiary/aromatic N) is 2. The Hall–Kier alpha value is -3.07. The number of carbonyl (C=O) groups excluding carboxylic acids is 1. The first-order valence-electron chi connectivity index (χ1n) is 5.34. The van der Waals surface area contributed by atoms with Crippen LogP contribution in [0.5, 0.6) is 11.6 Å². The maximum atomic E-state index is 11.2. The maximum Gasteiger partial charge on any atom is 0.251 e. The Morgan fingerprint density at radius 3 is 2.79 bits per heavy atom. The van der Waals surface area contributed by atoms with Gasteiger partial charge < -0.3 is 16.2 Å². The second-order valence-corrected chi connectivity index (χ2v) is 3.68. The van der Waals surface area contributed by atoms with Crippen molar-refractivity contribution in [3.05, 3.63) is 47.7 Å². The lowest BCUT2D eigenvalue weighted by atomic mass is 10.2. The van der Waals surface area contributed by atoms with Gasteiger partial charge in [-0.05, 0) is 12.1 Å². The molecule has 0 atom stereocenters. The molecular formula is C13H10N4O2. The number of primary amides is 1. The lowest BCUT2D eigenvalue weighted by Crippen LogP contribution is -2.13. The fourth-order valence-corrected chi connectivity index (χ4v) is 1.48. The Morgan fingerprint density at radius 2 is 2.11 bits per heavy atom. The lowest BCUT2D eigenvalue weighted by molar-refractivity contribution is 0.100. The van der Waals surface area contributed by atoms with E-state index in [0.717, 1.165) is 0 Å². The zero-order valence-electron chi connectivity index (χ0n) is 9.83. The molecule has 0 unspecified atom stereocenters. The summed E-state index contributed by atoms with van der Waals surface area (Å²) in [7, 11) is 0. The third-order valence-electron chi connectivity index (χ3n) is 2.40. The van der Waals surface area contributed by atoms with Gasteiger partial charge in [-0.3, -0.25) is 4.79 Å². The highest BCUT2D eigenvalue weighted by molar-refractivity contribution is 5.98. The van der Waals surface area contributed by atoms with E-state index in [1.807, 2.05) is 6.07 Å². The van der Waals surface area contributed by atoms with Gasteiger partial charge in [-0.25, -0.2) is 4.98 Å².